The molecule has 0 fully saturated rings. The summed E-state index contributed by atoms with van der Waals surface area (Å²) in [6, 6.07) is 24.4. The van der Waals surface area contributed by atoms with Crippen molar-refractivity contribution < 1.29 is 14.3 Å². The van der Waals surface area contributed by atoms with Gasteiger partial charge in [0.15, 0.2) is 0 Å². The molecule has 0 aliphatic carbocycles. The van der Waals surface area contributed by atoms with Crippen LogP contribution in [0.15, 0.2) is 84.0 Å². The fourth-order valence-corrected chi connectivity index (χ4v) is 2.49. The van der Waals surface area contributed by atoms with Gasteiger partial charge < -0.3 is 9.47 Å². The van der Waals surface area contributed by atoms with E-state index in [0.29, 0.717) is 18.8 Å². The molecule has 0 radical (unpaired) electrons. The van der Waals surface area contributed by atoms with Crippen molar-refractivity contribution in [2.45, 2.75) is 13.5 Å². The van der Waals surface area contributed by atoms with Gasteiger partial charge in [-0.25, -0.2) is 5.43 Å². The number of carbonyl (C=O) groups is 1. The van der Waals surface area contributed by atoms with Gasteiger partial charge in [-0.1, -0.05) is 30.3 Å². The lowest BCUT2D eigenvalue weighted by Crippen LogP contribution is -2.17. The second kappa shape index (κ2) is 9.92. The van der Waals surface area contributed by atoms with Crippen molar-refractivity contribution in [2.75, 3.05) is 6.61 Å². The Balaban J connectivity index is 1.49. The first kappa shape index (κ1) is 19.2. The molecule has 0 unspecified atom stereocenters. The highest BCUT2D eigenvalue weighted by Gasteiger charge is 2.04. The van der Waals surface area contributed by atoms with E-state index in [-0.39, 0.29) is 5.91 Å². The van der Waals surface area contributed by atoms with E-state index < -0.39 is 0 Å². The summed E-state index contributed by atoms with van der Waals surface area (Å²) >= 11 is 0. The van der Waals surface area contributed by atoms with Crippen molar-refractivity contribution in [2.24, 2.45) is 5.10 Å². The zero-order valence-electron chi connectivity index (χ0n) is 15.7. The summed E-state index contributed by atoms with van der Waals surface area (Å²) in [6.45, 7) is 3.02. The molecular formula is C23H22N2O3. The minimum absolute atomic E-state index is 0.276. The summed E-state index contributed by atoms with van der Waals surface area (Å²) in [7, 11) is 0. The van der Waals surface area contributed by atoms with Crippen molar-refractivity contribution in [1.29, 1.82) is 0 Å². The molecule has 0 aliphatic heterocycles. The Morgan fingerprint density at radius 1 is 0.893 bits per heavy atom. The first-order valence-corrected chi connectivity index (χ1v) is 9.07. The average Bonchev–Trinajstić information content (AvgIpc) is 2.74. The molecule has 5 heteroatoms. The molecule has 0 heterocycles. The maximum absolute atomic E-state index is 12.1. The Bertz CT molecular complexity index is 905. The monoisotopic (exact) mass is 374 g/mol. The first-order valence-electron chi connectivity index (χ1n) is 9.07. The van der Waals surface area contributed by atoms with Gasteiger partial charge in [0.05, 0.1) is 12.8 Å². The average molecular weight is 374 g/mol. The van der Waals surface area contributed by atoms with Crippen LogP contribution in [0.4, 0.5) is 0 Å². The van der Waals surface area contributed by atoms with E-state index in [9.17, 15) is 4.79 Å². The maximum atomic E-state index is 12.1. The Morgan fingerprint density at radius 2 is 1.54 bits per heavy atom. The highest BCUT2D eigenvalue weighted by molar-refractivity contribution is 5.95. The third-order valence-corrected chi connectivity index (χ3v) is 3.94. The van der Waals surface area contributed by atoms with Crippen LogP contribution in [0, 0.1) is 0 Å². The zero-order valence-corrected chi connectivity index (χ0v) is 15.7. The molecule has 0 saturated heterocycles. The summed E-state index contributed by atoms with van der Waals surface area (Å²) in [4.78, 5) is 12.1. The molecule has 5 nitrogen and oxygen atoms in total. The molecule has 0 bridgehead atoms. The molecule has 3 aromatic rings. The molecule has 0 spiro atoms. The van der Waals surface area contributed by atoms with Crippen LogP contribution in [0.2, 0.25) is 0 Å². The number of hydrogen-bond acceptors (Lipinski definition) is 4. The summed E-state index contributed by atoms with van der Waals surface area (Å²) in [5, 5.41) is 4.00. The fraction of sp³-hybridized carbons (Fsp3) is 0.130. The van der Waals surface area contributed by atoms with Crippen molar-refractivity contribution in [3.8, 4) is 11.5 Å². The van der Waals surface area contributed by atoms with Crippen molar-refractivity contribution >= 4 is 12.1 Å². The molecule has 0 aromatic heterocycles. The Kier molecular flexibility index (Phi) is 6.79. The molecule has 0 atom stereocenters. The second-order valence-electron chi connectivity index (χ2n) is 6.00. The van der Waals surface area contributed by atoms with Crippen LogP contribution in [-0.4, -0.2) is 18.7 Å². The minimum atomic E-state index is -0.276. The van der Waals surface area contributed by atoms with E-state index in [1.54, 1.807) is 30.5 Å². The number of nitrogens with zero attached hydrogens (tertiary/aromatic N) is 1. The predicted octanol–water partition coefficient (Wildman–Crippen LogP) is 4.43. The first-order chi connectivity index (χ1) is 13.7. The van der Waals surface area contributed by atoms with E-state index in [2.05, 4.69) is 10.5 Å². The smallest absolute Gasteiger partial charge is 0.271 e. The predicted molar refractivity (Wildman–Crippen MR) is 110 cm³/mol. The number of hydrazone groups is 1. The van der Waals surface area contributed by atoms with Gasteiger partial charge >= 0.3 is 0 Å². The number of ether oxygens (including phenoxy) is 2. The van der Waals surface area contributed by atoms with Gasteiger partial charge in [0.1, 0.15) is 18.1 Å². The van der Waals surface area contributed by atoms with Crippen LogP contribution in [0.1, 0.15) is 28.4 Å². The summed E-state index contributed by atoms with van der Waals surface area (Å²) in [5.74, 6) is 1.23. The molecule has 142 valence electrons. The van der Waals surface area contributed by atoms with Crippen molar-refractivity contribution in [1.82, 2.24) is 5.43 Å². The largest absolute Gasteiger partial charge is 0.494 e. The van der Waals surface area contributed by atoms with Crippen LogP contribution in [0.5, 0.6) is 11.5 Å². The molecular weight excluding hydrogens is 352 g/mol. The number of rotatable bonds is 8. The molecule has 0 aliphatic rings. The van der Waals surface area contributed by atoms with Crippen molar-refractivity contribution in [3.63, 3.8) is 0 Å². The van der Waals surface area contributed by atoms with Gasteiger partial charge in [-0.2, -0.15) is 5.10 Å². The van der Waals surface area contributed by atoms with Gasteiger partial charge in [0.2, 0.25) is 0 Å². The minimum Gasteiger partial charge on any atom is -0.494 e. The van der Waals surface area contributed by atoms with Crippen molar-refractivity contribution in [3.05, 3.63) is 95.6 Å². The van der Waals surface area contributed by atoms with E-state index in [0.717, 1.165) is 22.6 Å². The van der Waals surface area contributed by atoms with Crippen LogP contribution in [0.3, 0.4) is 0 Å². The number of nitrogens with one attached hydrogen (secondary N) is 1. The third kappa shape index (κ3) is 5.71. The van der Waals surface area contributed by atoms with E-state index in [4.69, 9.17) is 9.47 Å². The third-order valence-electron chi connectivity index (χ3n) is 3.94. The van der Waals surface area contributed by atoms with Gasteiger partial charge in [-0.15, -0.1) is 0 Å². The summed E-state index contributed by atoms with van der Waals surface area (Å²) < 4.78 is 11.1. The van der Waals surface area contributed by atoms with Crippen LogP contribution < -0.4 is 14.9 Å². The van der Waals surface area contributed by atoms with Gasteiger partial charge in [0, 0.05) is 5.56 Å². The normalized spacial score (nSPS) is 10.6. The lowest BCUT2D eigenvalue weighted by atomic mass is 10.2. The number of carbonyl (C=O) groups excluding carboxylic acids is 1. The number of benzene rings is 3. The Hall–Kier alpha value is -3.60. The lowest BCUT2D eigenvalue weighted by Gasteiger charge is -2.06. The molecule has 3 aromatic carbocycles. The van der Waals surface area contributed by atoms with Crippen LogP contribution in [0.25, 0.3) is 0 Å². The number of amides is 1. The van der Waals surface area contributed by atoms with E-state index in [1.807, 2.05) is 61.5 Å². The van der Waals surface area contributed by atoms with Gasteiger partial charge in [-0.3, -0.25) is 4.79 Å². The second-order valence-corrected chi connectivity index (χ2v) is 6.00. The lowest BCUT2D eigenvalue weighted by molar-refractivity contribution is 0.0955. The maximum Gasteiger partial charge on any atom is 0.271 e. The van der Waals surface area contributed by atoms with Gasteiger partial charge in [-0.05, 0) is 66.6 Å². The quantitative estimate of drug-likeness (QED) is 0.469. The van der Waals surface area contributed by atoms with Crippen LogP contribution in [-0.2, 0) is 6.61 Å². The summed E-state index contributed by atoms with van der Waals surface area (Å²) in [5.41, 5.74) is 5.01. The summed E-state index contributed by atoms with van der Waals surface area (Å²) in [6.07, 6.45) is 1.59. The van der Waals surface area contributed by atoms with E-state index >= 15 is 0 Å². The molecule has 0 saturated carbocycles. The molecule has 3 rings (SSSR count). The van der Waals surface area contributed by atoms with Gasteiger partial charge in [0.25, 0.3) is 5.91 Å². The van der Waals surface area contributed by atoms with E-state index in [1.165, 1.54) is 0 Å². The Morgan fingerprint density at radius 3 is 2.21 bits per heavy atom. The highest BCUT2D eigenvalue weighted by Crippen LogP contribution is 2.14. The standard InChI is InChI=1S/C23H22N2O3/c1-2-27-21-14-10-20(11-15-21)23(26)25-24-16-18-8-12-22(13-9-18)28-17-19-6-4-3-5-7-19/h3-16H,2,17H2,1H3,(H,25,26)/b24-16+. The molecule has 1 N–H and O–H groups in total. The molecule has 28 heavy (non-hydrogen) atoms. The highest BCUT2D eigenvalue weighted by atomic mass is 16.5. The Labute approximate surface area is 164 Å². The van der Waals surface area contributed by atoms with Crippen LogP contribution >= 0.6 is 0 Å². The zero-order chi connectivity index (χ0) is 19.6. The molecule has 1 amide bonds. The SMILES string of the molecule is CCOc1ccc(C(=O)N/N=C/c2ccc(OCc3ccccc3)cc2)cc1. The number of hydrogen-bond donors (Lipinski definition) is 1. The fourth-order valence-electron chi connectivity index (χ4n) is 2.49. The topological polar surface area (TPSA) is 59.9 Å².